The van der Waals surface area contributed by atoms with Crippen LogP contribution in [0.25, 0.3) is 0 Å². The summed E-state index contributed by atoms with van der Waals surface area (Å²) >= 11 is 0. The fourth-order valence-corrected chi connectivity index (χ4v) is 7.65. The summed E-state index contributed by atoms with van der Waals surface area (Å²) < 4.78 is 65.9. The molecular weight excluding hydrogens is 583 g/mol. The Hall–Kier alpha value is -2.65. The largest absolute Gasteiger partial charge is 0.480 e. The van der Waals surface area contributed by atoms with E-state index in [1.807, 2.05) is 0 Å². The number of aliphatic carboxylic acids is 1. The highest BCUT2D eigenvalue weighted by atomic mass is 32.2. The highest BCUT2D eigenvalue weighted by Crippen LogP contribution is 2.38. The van der Waals surface area contributed by atoms with Crippen molar-refractivity contribution >= 4 is 21.7 Å². The lowest BCUT2D eigenvalue weighted by Gasteiger charge is -2.28. The number of carboxylic acid groups (broad SMARTS) is 1. The smallest absolute Gasteiger partial charge is 0.417 e. The topological polar surface area (TPSA) is 128 Å². The molecule has 2 aliphatic rings. The minimum atomic E-state index is -4.87. The molecule has 1 saturated heterocycles. The third kappa shape index (κ3) is 11.4. The van der Waals surface area contributed by atoms with Crippen molar-refractivity contribution in [3.8, 4) is 6.07 Å². The number of nitrogens with zero attached hydrogens (tertiary/aromatic N) is 2. The van der Waals surface area contributed by atoms with Crippen LogP contribution in [0.2, 0.25) is 0 Å². The quantitative estimate of drug-likeness (QED) is 0.181. The minimum Gasteiger partial charge on any atom is -0.480 e. The third-order valence-electron chi connectivity index (χ3n) is 8.13. The Balaban J connectivity index is 0.000000391. The zero-order valence-electron chi connectivity index (χ0n) is 25.1. The van der Waals surface area contributed by atoms with Gasteiger partial charge in [-0.05, 0) is 44.4 Å². The molecule has 1 aliphatic heterocycles. The Morgan fingerprint density at radius 3 is 2.21 bits per heavy atom. The molecule has 0 spiro atoms. The second kappa shape index (κ2) is 18.2. The number of nitriles is 1. The Morgan fingerprint density at radius 1 is 1.02 bits per heavy atom. The van der Waals surface area contributed by atoms with E-state index < -0.39 is 62.6 Å². The van der Waals surface area contributed by atoms with Crippen molar-refractivity contribution in [1.82, 2.24) is 10.2 Å². The van der Waals surface area contributed by atoms with Crippen molar-refractivity contribution in [3.63, 3.8) is 0 Å². The average molecular weight is 630 g/mol. The van der Waals surface area contributed by atoms with Crippen LogP contribution in [-0.4, -0.2) is 61.2 Å². The van der Waals surface area contributed by atoms with Crippen LogP contribution in [-0.2, 0) is 25.6 Å². The van der Waals surface area contributed by atoms with Gasteiger partial charge in [-0.25, -0.2) is 13.2 Å². The van der Waals surface area contributed by atoms with Crippen LogP contribution in [0.3, 0.4) is 0 Å². The average Bonchev–Trinajstić information content (AvgIpc) is 3.45. The number of carbonyl (C=O) groups excluding carboxylic acids is 1. The standard InChI is InChI=1S/C19H22F3NO5S.C12H24N2/c20-19(21,22)14-8-4-5-9-16(14)29(27,28)13-10-15(18(25)26)23(11-13)17(24)12-6-2-1-3-7-12;1-2-3-4-5-6-7-8-9-11-14-12-10-13/h4-5,8-9,12-13,15H,1-3,6-7,10-11H2,(H,25,26);14H,2-9,11-12H2,1H3/t13-,15+;/m1./s1. The van der Waals surface area contributed by atoms with Crippen molar-refractivity contribution < 1.29 is 36.3 Å². The Labute approximate surface area is 253 Å². The zero-order chi connectivity index (χ0) is 31.9. The van der Waals surface area contributed by atoms with Crippen LogP contribution in [0.5, 0.6) is 0 Å². The number of hydrogen-bond donors (Lipinski definition) is 2. The summed E-state index contributed by atoms with van der Waals surface area (Å²) in [5, 5.41) is 19.5. The van der Waals surface area contributed by atoms with Crippen molar-refractivity contribution in [2.75, 3.05) is 19.6 Å². The molecule has 2 N–H and O–H groups in total. The van der Waals surface area contributed by atoms with E-state index in [0.717, 1.165) is 42.8 Å². The molecule has 1 saturated carbocycles. The summed E-state index contributed by atoms with van der Waals surface area (Å²) in [4.78, 5) is 24.7. The first-order chi connectivity index (χ1) is 20.4. The van der Waals surface area contributed by atoms with Gasteiger partial charge in [-0.15, -0.1) is 0 Å². The molecule has 1 amide bonds. The second-order valence-electron chi connectivity index (χ2n) is 11.4. The Bertz CT molecular complexity index is 1160. The second-order valence-corrected chi connectivity index (χ2v) is 13.6. The summed E-state index contributed by atoms with van der Waals surface area (Å²) in [6.45, 7) is 3.33. The van der Waals surface area contributed by atoms with Gasteiger partial charge >= 0.3 is 12.1 Å². The molecule has 242 valence electrons. The summed E-state index contributed by atoms with van der Waals surface area (Å²) in [6.07, 6.45) is 9.38. The molecule has 1 aromatic carbocycles. The van der Waals surface area contributed by atoms with E-state index in [2.05, 4.69) is 18.3 Å². The number of amides is 1. The predicted molar refractivity (Wildman–Crippen MR) is 158 cm³/mol. The molecule has 2 atom stereocenters. The van der Waals surface area contributed by atoms with Gasteiger partial charge in [-0.2, -0.15) is 18.4 Å². The van der Waals surface area contributed by atoms with Gasteiger partial charge in [0.1, 0.15) is 6.04 Å². The lowest BCUT2D eigenvalue weighted by Crippen LogP contribution is -2.44. The van der Waals surface area contributed by atoms with E-state index in [9.17, 15) is 36.3 Å². The molecule has 0 unspecified atom stereocenters. The number of carboxylic acids is 1. The number of rotatable bonds is 14. The van der Waals surface area contributed by atoms with Crippen LogP contribution in [0.15, 0.2) is 29.2 Å². The number of sulfone groups is 1. The number of benzene rings is 1. The van der Waals surface area contributed by atoms with Crippen molar-refractivity contribution in [1.29, 1.82) is 5.26 Å². The zero-order valence-corrected chi connectivity index (χ0v) is 25.9. The first kappa shape index (κ1) is 36.5. The van der Waals surface area contributed by atoms with E-state index in [1.54, 1.807) is 0 Å². The van der Waals surface area contributed by atoms with Crippen molar-refractivity contribution in [2.45, 2.75) is 119 Å². The van der Waals surface area contributed by atoms with E-state index in [0.29, 0.717) is 25.5 Å². The number of likely N-dealkylation sites (tertiary alicyclic amines) is 1. The first-order valence-corrected chi connectivity index (χ1v) is 17.0. The fourth-order valence-electron chi connectivity index (χ4n) is 5.74. The lowest BCUT2D eigenvalue weighted by atomic mass is 9.88. The molecule has 0 aromatic heterocycles. The molecular formula is C31H46F3N3O5S. The van der Waals surface area contributed by atoms with Crippen LogP contribution in [0, 0.1) is 17.2 Å². The number of hydrogen-bond acceptors (Lipinski definition) is 6. The maximum atomic E-state index is 13.3. The monoisotopic (exact) mass is 629 g/mol. The highest BCUT2D eigenvalue weighted by Gasteiger charge is 2.48. The van der Waals surface area contributed by atoms with Gasteiger partial charge in [0.25, 0.3) is 0 Å². The van der Waals surface area contributed by atoms with E-state index in [1.165, 1.54) is 57.4 Å². The maximum absolute atomic E-state index is 13.3. The number of unbranched alkanes of at least 4 members (excludes halogenated alkanes) is 7. The normalized spacial score (nSPS) is 19.4. The van der Waals surface area contributed by atoms with Crippen molar-refractivity contribution in [2.24, 2.45) is 5.92 Å². The van der Waals surface area contributed by atoms with Gasteiger partial charge in [0, 0.05) is 12.5 Å². The summed E-state index contributed by atoms with van der Waals surface area (Å²) in [7, 11) is -4.49. The van der Waals surface area contributed by atoms with E-state index in [-0.39, 0.29) is 5.92 Å². The molecule has 1 aromatic rings. The molecule has 12 heteroatoms. The molecule has 1 heterocycles. The van der Waals surface area contributed by atoms with Gasteiger partial charge in [0.2, 0.25) is 5.91 Å². The summed E-state index contributed by atoms with van der Waals surface area (Å²) in [5.74, 6) is -2.13. The lowest BCUT2D eigenvalue weighted by molar-refractivity contribution is -0.150. The molecule has 1 aliphatic carbocycles. The molecule has 0 bridgehead atoms. The van der Waals surface area contributed by atoms with Crippen LogP contribution in [0.1, 0.15) is 102 Å². The van der Waals surface area contributed by atoms with Crippen LogP contribution in [0.4, 0.5) is 13.2 Å². The summed E-state index contributed by atoms with van der Waals surface area (Å²) in [5.41, 5.74) is -1.29. The molecule has 43 heavy (non-hydrogen) atoms. The SMILES string of the molecule is CCCCCCCCCCNCC#N.O=C(O)[C@@H]1C[C@@H](S(=O)(=O)c2ccccc2C(F)(F)F)CN1C(=O)C1CCCCC1. The number of alkyl halides is 3. The van der Waals surface area contributed by atoms with Crippen molar-refractivity contribution in [3.05, 3.63) is 29.8 Å². The highest BCUT2D eigenvalue weighted by molar-refractivity contribution is 7.92. The van der Waals surface area contributed by atoms with Gasteiger partial charge in [-0.1, -0.05) is 83.3 Å². The molecule has 3 rings (SSSR count). The third-order valence-corrected chi connectivity index (χ3v) is 10.3. The van der Waals surface area contributed by atoms with Gasteiger partial charge < -0.3 is 15.3 Å². The predicted octanol–water partition coefficient (Wildman–Crippen LogP) is 6.35. The molecule has 2 fully saturated rings. The van der Waals surface area contributed by atoms with Gasteiger partial charge in [0.15, 0.2) is 9.84 Å². The number of nitrogens with one attached hydrogen (secondary N) is 1. The fraction of sp³-hybridized carbons (Fsp3) is 0.710. The van der Waals surface area contributed by atoms with Crippen LogP contribution >= 0.6 is 0 Å². The number of carbonyl (C=O) groups is 2. The minimum absolute atomic E-state index is 0.366. The van der Waals surface area contributed by atoms with Crippen LogP contribution < -0.4 is 5.32 Å². The van der Waals surface area contributed by atoms with Gasteiger partial charge in [-0.3, -0.25) is 4.79 Å². The Kier molecular flexibility index (Phi) is 15.5. The van der Waals surface area contributed by atoms with Gasteiger partial charge in [0.05, 0.1) is 28.3 Å². The first-order valence-electron chi connectivity index (χ1n) is 15.5. The maximum Gasteiger partial charge on any atom is 0.417 e. The van der Waals surface area contributed by atoms with E-state index in [4.69, 9.17) is 5.26 Å². The number of halogens is 3. The summed E-state index contributed by atoms with van der Waals surface area (Å²) in [6, 6.07) is 4.56. The molecule has 0 radical (unpaired) electrons. The van der Waals surface area contributed by atoms with E-state index >= 15 is 0 Å². The molecule has 8 nitrogen and oxygen atoms in total. The Morgan fingerprint density at radius 2 is 1.63 bits per heavy atom.